The first-order valence-corrected chi connectivity index (χ1v) is 27.5. The number of ether oxygens (including phenoxy) is 3. The van der Waals surface area contributed by atoms with Gasteiger partial charge in [0.1, 0.15) is 13.2 Å². The molecule has 0 aliphatic rings. The Bertz CT molecular complexity index is 1450. The first kappa shape index (κ1) is 63.8. The van der Waals surface area contributed by atoms with E-state index in [0.717, 1.165) is 148 Å². The summed E-state index contributed by atoms with van der Waals surface area (Å²) in [5.41, 5.74) is 0. The van der Waals surface area contributed by atoms with E-state index in [1.54, 1.807) is 0 Å². The van der Waals surface area contributed by atoms with Gasteiger partial charge in [0.05, 0.1) is 0 Å². The van der Waals surface area contributed by atoms with Crippen LogP contribution in [0.15, 0.2) is 122 Å². The fourth-order valence-corrected chi connectivity index (χ4v) is 7.10. The highest BCUT2D eigenvalue weighted by atomic mass is 16.6. The molecule has 0 aliphatic carbocycles. The van der Waals surface area contributed by atoms with Gasteiger partial charge in [0, 0.05) is 19.3 Å². The Morgan fingerprint density at radius 2 is 0.574 bits per heavy atom. The largest absolute Gasteiger partial charge is 0.462 e. The summed E-state index contributed by atoms with van der Waals surface area (Å²) in [6.07, 6.45) is 76.1. The van der Waals surface area contributed by atoms with Crippen LogP contribution in [0.25, 0.3) is 0 Å². The third-order valence-corrected chi connectivity index (χ3v) is 11.2. The van der Waals surface area contributed by atoms with Crippen LogP contribution in [-0.2, 0) is 28.6 Å². The van der Waals surface area contributed by atoms with Crippen LogP contribution in [0.5, 0.6) is 0 Å². The minimum atomic E-state index is -0.806. The summed E-state index contributed by atoms with van der Waals surface area (Å²) in [6, 6.07) is 0. The zero-order chi connectivity index (χ0) is 49.3. The second-order valence-electron chi connectivity index (χ2n) is 17.7. The molecular weight excluding hydrogens is 841 g/mol. The fraction of sp³-hybridized carbons (Fsp3) is 0.629. The van der Waals surface area contributed by atoms with Crippen molar-refractivity contribution in [1.82, 2.24) is 0 Å². The zero-order valence-electron chi connectivity index (χ0n) is 43.8. The van der Waals surface area contributed by atoms with Gasteiger partial charge in [0.25, 0.3) is 0 Å². The highest BCUT2D eigenvalue weighted by molar-refractivity contribution is 5.71. The minimum absolute atomic E-state index is 0.102. The predicted molar refractivity (Wildman–Crippen MR) is 293 cm³/mol. The maximum Gasteiger partial charge on any atom is 0.306 e. The monoisotopic (exact) mass is 941 g/mol. The first-order chi connectivity index (χ1) is 33.5. The summed E-state index contributed by atoms with van der Waals surface area (Å²) >= 11 is 0. The molecule has 0 radical (unpaired) electrons. The van der Waals surface area contributed by atoms with Crippen molar-refractivity contribution in [1.29, 1.82) is 0 Å². The summed E-state index contributed by atoms with van der Waals surface area (Å²) in [5, 5.41) is 0. The van der Waals surface area contributed by atoms with Crippen molar-refractivity contribution < 1.29 is 28.6 Å². The van der Waals surface area contributed by atoms with Gasteiger partial charge >= 0.3 is 17.9 Å². The molecular formula is C62H100O6. The number of allylic oxidation sites excluding steroid dienone is 20. The van der Waals surface area contributed by atoms with Crippen LogP contribution in [-0.4, -0.2) is 37.2 Å². The summed E-state index contributed by atoms with van der Waals surface area (Å²) in [6.45, 7) is 6.33. The van der Waals surface area contributed by atoms with E-state index in [1.807, 2.05) is 0 Å². The zero-order valence-corrected chi connectivity index (χ0v) is 43.8. The molecule has 0 fully saturated rings. The standard InChI is InChI=1S/C62H100O6/c1-4-7-10-13-16-19-22-25-27-29-31-33-35-37-40-43-46-49-52-55-61(64)67-58-59(57-66-60(63)54-51-48-45-42-39-24-21-18-15-12-9-6-3)68-62(65)56-53-50-47-44-41-38-36-34-32-30-28-26-23-20-17-14-11-8-5-2/h7-8,10-11,16-21,25-28,31-34,37,40,59H,4-6,9,12-15,22-24,29-30,35-36,38-39,41-58H2,1-3H3/b10-7-,11-8-,19-16-,20-17-,21-18-,27-25-,28-26-,33-31-,34-32-,40-37-. The number of hydrogen-bond donors (Lipinski definition) is 0. The highest BCUT2D eigenvalue weighted by Gasteiger charge is 2.19. The van der Waals surface area contributed by atoms with Gasteiger partial charge in [-0.3, -0.25) is 14.4 Å². The molecule has 6 nitrogen and oxygen atoms in total. The van der Waals surface area contributed by atoms with Crippen LogP contribution in [0, 0.1) is 0 Å². The third kappa shape index (κ3) is 52.8. The Morgan fingerprint density at radius 3 is 0.926 bits per heavy atom. The highest BCUT2D eigenvalue weighted by Crippen LogP contribution is 2.13. The Balaban J connectivity index is 4.49. The summed E-state index contributed by atoms with van der Waals surface area (Å²) in [4.78, 5) is 38.1. The van der Waals surface area contributed by atoms with Crippen molar-refractivity contribution in [3.05, 3.63) is 122 Å². The van der Waals surface area contributed by atoms with Crippen LogP contribution in [0.1, 0.15) is 233 Å². The summed E-state index contributed by atoms with van der Waals surface area (Å²) < 4.78 is 16.8. The van der Waals surface area contributed by atoms with Gasteiger partial charge in [-0.05, 0) is 128 Å². The lowest BCUT2D eigenvalue weighted by Crippen LogP contribution is -2.30. The molecule has 0 spiro atoms. The van der Waals surface area contributed by atoms with E-state index in [9.17, 15) is 14.4 Å². The second kappa shape index (κ2) is 55.4. The second-order valence-corrected chi connectivity index (χ2v) is 17.7. The molecule has 0 bridgehead atoms. The number of carbonyl (C=O) groups is 3. The van der Waals surface area contributed by atoms with Crippen molar-refractivity contribution in [3.63, 3.8) is 0 Å². The lowest BCUT2D eigenvalue weighted by atomic mass is 10.1. The van der Waals surface area contributed by atoms with Crippen LogP contribution < -0.4 is 0 Å². The van der Waals surface area contributed by atoms with Crippen molar-refractivity contribution in [2.24, 2.45) is 0 Å². The maximum atomic E-state index is 12.8. The van der Waals surface area contributed by atoms with E-state index in [1.165, 1.54) is 44.9 Å². The van der Waals surface area contributed by atoms with Gasteiger partial charge in [-0.2, -0.15) is 0 Å². The summed E-state index contributed by atoms with van der Waals surface area (Å²) in [7, 11) is 0. The number of carbonyl (C=O) groups excluding carboxylic acids is 3. The molecule has 0 N–H and O–H groups in total. The van der Waals surface area contributed by atoms with E-state index in [4.69, 9.17) is 14.2 Å². The quantitative estimate of drug-likeness (QED) is 0.0262. The molecule has 0 amide bonds. The molecule has 0 aliphatic heterocycles. The predicted octanol–water partition coefficient (Wildman–Crippen LogP) is 18.5. The topological polar surface area (TPSA) is 78.9 Å². The molecule has 0 saturated heterocycles. The first-order valence-electron chi connectivity index (χ1n) is 27.5. The Kier molecular flexibility index (Phi) is 52.0. The summed E-state index contributed by atoms with van der Waals surface area (Å²) in [5.74, 6) is -0.963. The molecule has 0 heterocycles. The lowest BCUT2D eigenvalue weighted by molar-refractivity contribution is -0.167. The third-order valence-electron chi connectivity index (χ3n) is 11.2. The number of unbranched alkanes of at least 4 members (excludes halogenated alkanes) is 17. The van der Waals surface area contributed by atoms with Crippen LogP contribution >= 0.6 is 0 Å². The SMILES string of the molecule is CC/C=C\C/C=C\C/C=C\C/C=C\C/C=C\CCCCCC(=O)OCC(COC(=O)CCCCCCC/C=C\CCCCC)OC(=O)CCCCCCCC/C=C\C/C=C\C/C=C\C/C=C\CC. The van der Waals surface area contributed by atoms with Crippen molar-refractivity contribution in [2.75, 3.05) is 13.2 Å². The van der Waals surface area contributed by atoms with Gasteiger partial charge in [-0.15, -0.1) is 0 Å². The van der Waals surface area contributed by atoms with E-state index in [2.05, 4.69) is 142 Å². The molecule has 0 aromatic heterocycles. The molecule has 1 unspecified atom stereocenters. The van der Waals surface area contributed by atoms with Gasteiger partial charge in [0.2, 0.25) is 0 Å². The van der Waals surface area contributed by atoms with E-state index < -0.39 is 6.10 Å². The molecule has 0 aromatic carbocycles. The van der Waals surface area contributed by atoms with Gasteiger partial charge in [0.15, 0.2) is 6.10 Å². The van der Waals surface area contributed by atoms with Crippen molar-refractivity contribution in [2.45, 2.75) is 239 Å². The minimum Gasteiger partial charge on any atom is -0.462 e. The van der Waals surface area contributed by atoms with Crippen LogP contribution in [0.2, 0.25) is 0 Å². The average molecular weight is 941 g/mol. The smallest absolute Gasteiger partial charge is 0.306 e. The molecule has 68 heavy (non-hydrogen) atoms. The van der Waals surface area contributed by atoms with E-state index >= 15 is 0 Å². The van der Waals surface area contributed by atoms with Crippen LogP contribution in [0.3, 0.4) is 0 Å². The number of esters is 3. The maximum absolute atomic E-state index is 12.8. The number of hydrogen-bond acceptors (Lipinski definition) is 6. The lowest BCUT2D eigenvalue weighted by Gasteiger charge is -2.18. The van der Waals surface area contributed by atoms with Gasteiger partial charge < -0.3 is 14.2 Å². The average Bonchev–Trinajstić information content (AvgIpc) is 3.34. The molecule has 384 valence electrons. The fourth-order valence-electron chi connectivity index (χ4n) is 7.10. The van der Waals surface area contributed by atoms with Gasteiger partial charge in [-0.1, -0.05) is 206 Å². The number of rotatable bonds is 48. The van der Waals surface area contributed by atoms with Crippen molar-refractivity contribution in [3.8, 4) is 0 Å². The normalized spacial score (nSPS) is 13.0. The molecule has 0 saturated carbocycles. The molecule has 0 rings (SSSR count). The molecule has 6 heteroatoms. The van der Waals surface area contributed by atoms with Crippen molar-refractivity contribution >= 4 is 17.9 Å². The van der Waals surface area contributed by atoms with Crippen LogP contribution in [0.4, 0.5) is 0 Å². The molecule has 1 atom stereocenters. The molecule has 0 aromatic rings. The van der Waals surface area contributed by atoms with E-state index in [-0.39, 0.29) is 31.1 Å². The Hall–Kier alpha value is -4.19. The Labute approximate surface area is 418 Å². The Morgan fingerprint density at radius 1 is 0.309 bits per heavy atom. The van der Waals surface area contributed by atoms with E-state index in [0.29, 0.717) is 19.3 Å². The van der Waals surface area contributed by atoms with Gasteiger partial charge in [-0.25, -0.2) is 0 Å².